The summed E-state index contributed by atoms with van der Waals surface area (Å²) >= 11 is 0. The molecule has 0 radical (unpaired) electrons. The molecule has 1 aliphatic heterocycles. The van der Waals surface area contributed by atoms with Gasteiger partial charge in [-0.15, -0.1) is 0 Å². The van der Waals surface area contributed by atoms with Crippen LogP contribution in [0.3, 0.4) is 0 Å². The van der Waals surface area contributed by atoms with Crippen molar-refractivity contribution < 1.29 is 5.11 Å². The predicted molar refractivity (Wildman–Crippen MR) is 112 cm³/mol. The number of H-pyrrole nitrogens is 1. The number of pyridine rings is 1. The fourth-order valence-electron chi connectivity index (χ4n) is 4.67. The Morgan fingerprint density at radius 1 is 1.14 bits per heavy atom. The number of aromatic amines is 1. The van der Waals surface area contributed by atoms with Gasteiger partial charge in [0.2, 0.25) is 0 Å². The van der Waals surface area contributed by atoms with Crippen molar-refractivity contribution in [1.82, 2.24) is 14.9 Å². The lowest BCUT2D eigenvalue weighted by Crippen LogP contribution is -2.42. The number of aromatic nitrogens is 2. The van der Waals surface area contributed by atoms with E-state index in [4.69, 9.17) is 0 Å². The molecule has 0 atom stereocenters. The molecule has 28 heavy (non-hydrogen) atoms. The second-order valence-corrected chi connectivity index (χ2v) is 8.88. The van der Waals surface area contributed by atoms with E-state index in [-0.39, 0.29) is 0 Å². The molecule has 0 amide bonds. The predicted octanol–water partition coefficient (Wildman–Crippen LogP) is 4.54. The summed E-state index contributed by atoms with van der Waals surface area (Å²) in [5.41, 5.74) is 6.64. The van der Waals surface area contributed by atoms with E-state index in [0.29, 0.717) is 5.92 Å². The normalized spacial score (nSPS) is 20.0. The van der Waals surface area contributed by atoms with Crippen molar-refractivity contribution in [3.63, 3.8) is 0 Å². The average Bonchev–Trinajstić information content (AvgIpc) is 3.47. The van der Waals surface area contributed by atoms with Crippen molar-refractivity contribution in [2.45, 2.75) is 57.6 Å². The van der Waals surface area contributed by atoms with Crippen LogP contribution in [0.2, 0.25) is 0 Å². The first-order valence-electron chi connectivity index (χ1n) is 10.5. The maximum atomic E-state index is 11.2. The zero-order valence-corrected chi connectivity index (χ0v) is 16.8. The van der Waals surface area contributed by atoms with Crippen LogP contribution in [-0.4, -0.2) is 33.1 Å². The van der Waals surface area contributed by atoms with Gasteiger partial charge in [-0.3, -0.25) is 4.90 Å². The van der Waals surface area contributed by atoms with E-state index >= 15 is 0 Å². The van der Waals surface area contributed by atoms with Gasteiger partial charge >= 0.3 is 0 Å². The molecule has 2 aromatic heterocycles. The maximum absolute atomic E-state index is 11.2. The number of nitrogens with zero attached hydrogens (tertiary/aromatic N) is 2. The van der Waals surface area contributed by atoms with Crippen LogP contribution in [0, 0.1) is 13.8 Å². The summed E-state index contributed by atoms with van der Waals surface area (Å²) in [5.74, 6) is 0.679. The second kappa shape index (κ2) is 6.71. The minimum Gasteiger partial charge on any atom is -0.385 e. The third kappa shape index (κ3) is 3.25. The molecule has 2 aliphatic rings. The minimum atomic E-state index is -0.694. The smallest absolute Gasteiger partial charge is 0.137 e. The van der Waals surface area contributed by atoms with Gasteiger partial charge in [0.1, 0.15) is 5.65 Å². The Bertz CT molecular complexity index is 1010. The van der Waals surface area contributed by atoms with Crippen LogP contribution in [0.25, 0.3) is 11.0 Å². The molecule has 0 unspecified atom stereocenters. The molecule has 0 spiro atoms. The van der Waals surface area contributed by atoms with Gasteiger partial charge in [0.15, 0.2) is 0 Å². The van der Waals surface area contributed by atoms with Gasteiger partial charge in [-0.05, 0) is 68.2 Å². The summed E-state index contributed by atoms with van der Waals surface area (Å²) in [7, 11) is 0. The Balaban J connectivity index is 1.37. The molecule has 1 saturated carbocycles. The van der Waals surface area contributed by atoms with Gasteiger partial charge in [-0.25, -0.2) is 4.98 Å². The van der Waals surface area contributed by atoms with Gasteiger partial charge in [-0.2, -0.15) is 0 Å². The van der Waals surface area contributed by atoms with Gasteiger partial charge in [0.05, 0.1) is 5.60 Å². The zero-order valence-electron chi connectivity index (χ0n) is 16.8. The zero-order chi connectivity index (χ0) is 19.3. The molecule has 1 aliphatic carbocycles. The number of benzene rings is 1. The van der Waals surface area contributed by atoms with Crippen molar-refractivity contribution in [3.05, 3.63) is 64.5 Å². The maximum Gasteiger partial charge on any atom is 0.137 e. The molecule has 3 heterocycles. The molecule has 146 valence electrons. The van der Waals surface area contributed by atoms with Crippen molar-refractivity contribution in [3.8, 4) is 0 Å². The number of piperidine rings is 1. The lowest BCUT2D eigenvalue weighted by molar-refractivity contribution is -0.0277. The standard InChI is InChI=1S/C24H29N3O/c1-16-4-3-5-19(12-16)24(28)8-10-27(11-9-24)15-21-20-13-17(2)14-25-23(20)26-22(21)18-6-7-18/h3-5,12-14,18,28H,6-11,15H2,1-2H3,(H,25,26). The van der Waals surface area contributed by atoms with E-state index in [1.54, 1.807) is 0 Å². The Kier molecular flexibility index (Phi) is 4.29. The topological polar surface area (TPSA) is 52.1 Å². The summed E-state index contributed by atoms with van der Waals surface area (Å²) in [6.07, 6.45) is 6.09. The number of fused-ring (bicyclic) bond motifs is 1. The van der Waals surface area contributed by atoms with Crippen LogP contribution in [0.5, 0.6) is 0 Å². The Morgan fingerprint density at radius 3 is 2.64 bits per heavy atom. The van der Waals surface area contributed by atoms with Crippen molar-refractivity contribution >= 4 is 11.0 Å². The number of rotatable bonds is 4. The van der Waals surface area contributed by atoms with Crippen LogP contribution in [0.4, 0.5) is 0 Å². The van der Waals surface area contributed by atoms with Crippen molar-refractivity contribution in [1.29, 1.82) is 0 Å². The Morgan fingerprint density at radius 2 is 1.93 bits per heavy atom. The monoisotopic (exact) mass is 375 g/mol. The highest BCUT2D eigenvalue weighted by molar-refractivity contribution is 5.82. The number of aryl methyl sites for hydroxylation is 2. The third-order valence-corrected chi connectivity index (χ3v) is 6.53. The summed E-state index contributed by atoms with van der Waals surface area (Å²) in [5, 5.41) is 12.5. The van der Waals surface area contributed by atoms with E-state index in [9.17, 15) is 5.11 Å². The third-order valence-electron chi connectivity index (χ3n) is 6.53. The summed E-state index contributed by atoms with van der Waals surface area (Å²) in [6.45, 7) is 6.99. The fraction of sp³-hybridized carbons (Fsp3) is 0.458. The van der Waals surface area contributed by atoms with E-state index in [2.05, 4.69) is 59.0 Å². The summed E-state index contributed by atoms with van der Waals surface area (Å²) < 4.78 is 0. The van der Waals surface area contributed by atoms with Crippen LogP contribution >= 0.6 is 0 Å². The molecule has 2 fully saturated rings. The highest BCUT2D eigenvalue weighted by atomic mass is 16.3. The number of hydrogen-bond acceptors (Lipinski definition) is 3. The highest BCUT2D eigenvalue weighted by Crippen LogP contribution is 2.44. The Labute approximate surface area is 166 Å². The SMILES string of the molecule is Cc1cccc(C2(O)CCN(Cc3c(C4CC4)[nH]c4ncc(C)cc34)CC2)c1. The number of likely N-dealkylation sites (tertiary alicyclic amines) is 1. The highest BCUT2D eigenvalue weighted by Gasteiger charge is 2.35. The van der Waals surface area contributed by atoms with Crippen molar-refractivity contribution in [2.24, 2.45) is 0 Å². The molecule has 1 aromatic carbocycles. The van der Waals surface area contributed by atoms with E-state index < -0.39 is 5.60 Å². The molecule has 4 nitrogen and oxygen atoms in total. The molecular formula is C24H29N3O. The van der Waals surface area contributed by atoms with Crippen LogP contribution < -0.4 is 0 Å². The number of nitrogens with one attached hydrogen (secondary N) is 1. The first kappa shape index (κ1) is 17.9. The van der Waals surface area contributed by atoms with Gasteiger partial charge in [-0.1, -0.05) is 29.8 Å². The minimum absolute atomic E-state index is 0.679. The van der Waals surface area contributed by atoms with Gasteiger partial charge < -0.3 is 10.1 Å². The Hall–Kier alpha value is -2.17. The quantitative estimate of drug-likeness (QED) is 0.704. The van der Waals surface area contributed by atoms with Crippen molar-refractivity contribution in [2.75, 3.05) is 13.1 Å². The van der Waals surface area contributed by atoms with E-state index in [1.807, 2.05) is 6.20 Å². The molecule has 3 aromatic rings. The first-order valence-corrected chi connectivity index (χ1v) is 10.5. The molecule has 2 N–H and O–H groups in total. The number of hydrogen-bond donors (Lipinski definition) is 2. The summed E-state index contributed by atoms with van der Waals surface area (Å²) in [4.78, 5) is 10.7. The fourth-order valence-corrected chi connectivity index (χ4v) is 4.67. The lowest BCUT2D eigenvalue weighted by atomic mass is 9.83. The van der Waals surface area contributed by atoms with E-state index in [1.165, 1.54) is 40.6 Å². The largest absolute Gasteiger partial charge is 0.385 e. The molecule has 0 bridgehead atoms. The number of aliphatic hydroxyl groups is 1. The lowest BCUT2D eigenvalue weighted by Gasteiger charge is -2.38. The van der Waals surface area contributed by atoms with Gasteiger partial charge in [0, 0.05) is 36.9 Å². The van der Waals surface area contributed by atoms with Crippen LogP contribution in [0.15, 0.2) is 36.5 Å². The molecule has 4 heteroatoms. The molecule has 1 saturated heterocycles. The average molecular weight is 376 g/mol. The first-order chi connectivity index (χ1) is 13.5. The van der Waals surface area contributed by atoms with Crippen LogP contribution in [-0.2, 0) is 12.1 Å². The summed E-state index contributed by atoms with van der Waals surface area (Å²) in [6, 6.07) is 10.6. The van der Waals surface area contributed by atoms with Gasteiger partial charge in [0.25, 0.3) is 0 Å². The second-order valence-electron chi connectivity index (χ2n) is 8.88. The molecular weight excluding hydrogens is 346 g/mol. The van der Waals surface area contributed by atoms with E-state index in [0.717, 1.165) is 43.7 Å². The molecule has 5 rings (SSSR count). The van der Waals surface area contributed by atoms with Crippen LogP contribution in [0.1, 0.15) is 59.5 Å².